The van der Waals surface area contributed by atoms with Crippen molar-refractivity contribution in [2.75, 3.05) is 0 Å². The van der Waals surface area contributed by atoms with Gasteiger partial charge in [0.1, 0.15) is 0 Å². The molecule has 114 valence electrons. The smallest absolute Gasteiger partial charge is 0.0994 e. The highest BCUT2D eigenvalue weighted by Gasteiger charge is 2.02. The molecule has 0 saturated heterocycles. The van der Waals surface area contributed by atoms with E-state index >= 15 is 0 Å². The van der Waals surface area contributed by atoms with Crippen LogP contribution >= 0.6 is 0 Å². The van der Waals surface area contributed by atoms with E-state index in [4.69, 9.17) is 0 Å². The number of aliphatic hydroxyl groups excluding tert-OH is 1. The Morgan fingerprint density at radius 2 is 1.20 bits per heavy atom. The van der Waals surface area contributed by atoms with Gasteiger partial charge in [-0.05, 0) is 6.42 Å². The summed E-state index contributed by atoms with van der Waals surface area (Å²) < 4.78 is 0. The van der Waals surface area contributed by atoms with Gasteiger partial charge in [-0.15, -0.1) is 0 Å². The first-order chi connectivity index (χ1) is 9.84. The lowest BCUT2D eigenvalue weighted by Crippen LogP contribution is -1.87. The summed E-state index contributed by atoms with van der Waals surface area (Å²) in [5.41, 5.74) is 0.997. The van der Waals surface area contributed by atoms with Crippen LogP contribution in [0.2, 0.25) is 0 Å². The molecule has 0 aromatic heterocycles. The van der Waals surface area contributed by atoms with Crippen molar-refractivity contribution in [1.82, 2.24) is 0 Å². The predicted molar refractivity (Wildman–Crippen MR) is 89.0 cm³/mol. The third-order valence-corrected chi connectivity index (χ3v) is 4.01. The number of aliphatic hydroxyl groups is 1. The third-order valence-electron chi connectivity index (χ3n) is 4.01. The van der Waals surface area contributed by atoms with Gasteiger partial charge in [-0.2, -0.15) is 0 Å². The molecule has 0 bridgehead atoms. The van der Waals surface area contributed by atoms with Gasteiger partial charge in [-0.1, -0.05) is 95.4 Å². The Morgan fingerprint density at radius 1 is 0.750 bits per heavy atom. The van der Waals surface area contributed by atoms with E-state index in [0.717, 1.165) is 18.4 Å². The van der Waals surface area contributed by atoms with Crippen molar-refractivity contribution in [2.24, 2.45) is 0 Å². The molecule has 1 heteroatoms. The van der Waals surface area contributed by atoms with Gasteiger partial charge in [0.25, 0.3) is 0 Å². The lowest BCUT2D eigenvalue weighted by atomic mass is 10.0. The molecule has 0 saturated carbocycles. The summed E-state index contributed by atoms with van der Waals surface area (Å²) in [4.78, 5) is 0. The quantitative estimate of drug-likeness (QED) is 0.313. The molecule has 0 fully saturated rings. The molecule has 1 aliphatic rings. The molecule has 0 atom stereocenters. The van der Waals surface area contributed by atoms with Crippen molar-refractivity contribution in [3.8, 4) is 0 Å². The van der Waals surface area contributed by atoms with E-state index in [1.165, 1.54) is 64.2 Å². The molecule has 0 spiro atoms. The molecule has 0 amide bonds. The number of allylic oxidation sites excluding steroid dienone is 6. The maximum Gasteiger partial charge on any atom is 0.0994 e. The Hall–Kier alpha value is -0.980. The van der Waals surface area contributed by atoms with Gasteiger partial charge in [0.15, 0.2) is 0 Å². The summed E-state index contributed by atoms with van der Waals surface area (Å²) in [7, 11) is 0. The van der Waals surface area contributed by atoms with Crippen LogP contribution in [0.15, 0.2) is 35.6 Å². The summed E-state index contributed by atoms with van der Waals surface area (Å²) in [6.45, 7) is 2.27. The van der Waals surface area contributed by atoms with Crippen molar-refractivity contribution < 1.29 is 5.11 Å². The van der Waals surface area contributed by atoms with Crippen LogP contribution in [0.1, 0.15) is 84.0 Å². The normalized spacial score (nSPS) is 13.3. The van der Waals surface area contributed by atoms with E-state index in [2.05, 4.69) is 6.92 Å². The van der Waals surface area contributed by atoms with Crippen LogP contribution < -0.4 is 0 Å². The first kappa shape index (κ1) is 17.1. The topological polar surface area (TPSA) is 20.2 Å². The number of hydrogen-bond donors (Lipinski definition) is 1. The predicted octanol–water partition coefficient (Wildman–Crippen LogP) is 6.63. The van der Waals surface area contributed by atoms with E-state index in [-0.39, 0.29) is 0 Å². The first-order valence-electron chi connectivity index (χ1n) is 8.61. The second-order valence-electron chi connectivity index (χ2n) is 5.91. The Bertz CT molecular complexity index is 309. The minimum absolute atomic E-state index is 0.561. The number of unbranched alkanes of at least 4 members (excludes halogenated alkanes) is 10. The molecule has 0 unspecified atom stereocenters. The van der Waals surface area contributed by atoms with Gasteiger partial charge in [-0.25, -0.2) is 0 Å². The summed E-state index contributed by atoms with van der Waals surface area (Å²) in [6, 6.07) is 0. The molecule has 0 aromatic carbocycles. The highest BCUT2D eigenvalue weighted by molar-refractivity contribution is 5.41. The molecule has 0 heterocycles. The Kier molecular flexibility index (Phi) is 10.1. The second-order valence-corrected chi connectivity index (χ2v) is 5.91. The van der Waals surface area contributed by atoms with E-state index in [1.54, 1.807) is 0 Å². The van der Waals surface area contributed by atoms with E-state index in [1.807, 2.05) is 24.3 Å². The summed E-state index contributed by atoms with van der Waals surface area (Å²) >= 11 is 0. The van der Waals surface area contributed by atoms with Crippen molar-refractivity contribution in [3.05, 3.63) is 35.6 Å². The molecular weight excluding hydrogens is 244 g/mol. The molecule has 0 radical (unpaired) electrons. The van der Waals surface area contributed by atoms with Crippen LogP contribution in [-0.4, -0.2) is 5.11 Å². The van der Waals surface area contributed by atoms with E-state index in [0.29, 0.717) is 5.76 Å². The maximum absolute atomic E-state index is 9.87. The average Bonchev–Trinajstić information content (AvgIpc) is 2.99. The van der Waals surface area contributed by atoms with Crippen LogP contribution in [0.5, 0.6) is 0 Å². The minimum Gasteiger partial charge on any atom is -0.512 e. The SMILES string of the molecule is CCCCCCCCCCCCCC(O)=C1C=CC=C1. The summed E-state index contributed by atoms with van der Waals surface area (Å²) in [6.07, 6.45) is 23.6. The van der Waals surface area contributed by atoms with E-state index in [9.17, 15) is 5.11 Å². The maximum atomic E-state index is 9.87. The summed E-state index contributed by atoms with van der Waals surface area (Å²) in [5, 5.41) is 9.87. The van der Waals surface area contributed by atoms with Crippen LogP contribution in [0.3, 0.4) is 0 Å². The zero-order chi connectivity index (χ0) is 14.5. The van der Waals surface area contributed by atoms with Crippen LogP contribution in [0.25, 0.3) is 0 Å². The van der Waals surface area contributed by atoms with E-state index < -0.39 is 0 Å². The third kappa shape index (κ3) is 8.24. The monoisotopic (exact) mass is 276 g/mol. The molecule has 1 N–H and O–H groups in total. The van der Waals surface area contributed by atoms with Crippen LogP contribution in [-0.2, 0) is 0 Å². The zero-order valence-electron chi connectivity index (χ0n) is 13.2. The number of hydrogen-bond acceptors (Lipinski definition) is 1. The molecule has 0 aromatic rings. The Morgan fingerprint density at radius 3 is 1.70 bits per heavy atom. The largest absolute Gasteiger partial charge is 0.512 e. The van der Waals surface area contributed by atoms with Gasteiger partial charge in [0.05, 0.1) is 5.76 Å². The molecular formula is C19H32O. The molecule has 20 heavy (non-hydrogen) atoms. The Balaban J connectivity index is 1.84. The van der Waals surface area contributed by atoms with Crippen molar-refractivity contribution >= 4 is 0 Å². The number of rotatable bonds is 12. The zero-order valence-corrected chi connectivity index (χ0v) is 13.2. The Labute approximate surface area is 125 Å². The molecule has 0 aliphatic heterocycles. The molecule has 1 rings (SSSR count). The second kappa shape index (κ2) is 11.8. The molecule has 1 nitrogen and oxygen atoms in total. The average molecular weight is 276 g/mol. The van der Waals surface area contributed by atoms with Gasteiger partial charge in [-0.3, -0.25) is 0 Å². The fourth-order valence-electron chi connectivity index (χ4n) is 2.67. The lowest BCUT2D eigenvalue weighted by molar-refractivity contribution is 0.377. The fraction of sp³-hybridized carbons (Fsp3) is 0.684. The standard InChI is InChI=1S/C19H32O/c1-2-3-4-5-6-7-8-9-10-11-12-17-19(20)18-15-13-14-16-18/h13-16,20H,2-12,17H2,1H3. The summed E-state index contributed by atoms with van der Waals surface area (Å²) in [5.74, 6) is 0.561. The van der Waals surface area contributed by atoms with Gasteiger partial charge in [0.2, 0.25) is 0 Å². The van der Waals surface area contributed by atoms with Gasteiger partial charge < -0.3 is 5.11 Å². The van der Waals surface area contributed by atoms with Crippen LogP contribution in [0.4, 0.5) is 0 Å². The molecule has 1 aliphatic carbocycles. The van der Waals surface area contributed by atoms with Crippen molar-refractivity contribution in [3.63, 3.8) is 0 Å². The van der Waals surface area contributed by atoms with Gasteiger partial charge in [0, 0.05) is 12.0 Å². The van der Waals surface area contributed by atoms with Crippen molar-refractivity contribution in [1.29, 1.82) is 0 Å². The van der Waals surface area contributed by atoms with Crippen LogP contribution in [0, 0.1) is 0 Å². The fourth-order valence-corrected chi connectivity index (χ4v) is 2.67. The highest BCUT2D eigenvalue weighted by atomic mass is 16.3. The highest BCUT2D eigenvalue weighted by Crippen LogP contribution is 2.17. The van der Waals surface area contributed by atoms with Crippen molar-refractivity contribution in [2.45, 2.75) is 84.0 Å². The minimum atomic E-state index is 0.561. The lowest BCUT2D eigenvalue weighted by Gasteiger charge is -2.04. The first-order valence-corrected chi connectivity index (χ1v) is 8.61. The van der Waals surface area contributed by atoms with Gasteiger partial charge >= 0.3 is 0 Å².